The summed E-state index contributed by atoms with van der Waals surface area (Å²) in [6, 6.07) is 9.84. The van der Waals surface area contributed by atoms with Gasteiger partial charge in [0.05, 0.1) is 22.4 Å². The Balaban J connectivity index is 1.66. The molecule has 0 unspecified atom stereocenters. The number of imidazole rings is 1. The number of nitrogens with one attached hydrogen (secondary N) is 1. The maximum Gasteiger partial charge on any atom is 0.289 e. The fraction of sp³-hybridized carbons (Fsp3) is 0.0667. The minimum absolute atomic E-state index is 0.0243. The van der Waals surface area contributed by atoms with Gasteiger partial charge in [0.25, 0.3) is 5.69 Å². The van der Waals surface area contributed by atoms with Crippen molar-refractivity contribution >= 4 is 46.2 Å². The molecule has 0 atom stereocenters. The molecule has 1 amide bonds. The van der Waals surface area contributed by atoms with Crippen molar-refractivity contribution in [2.45, 2.75) is 5.16 Å². The van der Waals surface area contributed by atoms with Crippen LogP contribution in [-0.2, 0) is 4.79 Å². The highest BCUT2D eigenvalue weighted by molar-refractivity contribution is 7.99. The molecule has 0 fully saturated rings. The number of halogens is 1. The average Bonchev–Trinajstić information content (AvgIpc) is 2.98. The summed E-state index contributed by atoms with van der Waals surface area (Å²) in [5.41, 5.74) is 1.01. The number of benzene rings is 1. The number of anilines is 1. The normalized spacial score (nSPS) is 10.7. The van der Waals surface area contributed by atoms with E-state index in [-0.39, 0.29) is 22.4 Å². The Bertz CT molecular complexity index is 928. The van der Waals surface area contributed by atoms with Gasteiger partial charge in [-0.05, 0) is 24.3 Å². The molecule has 1 aromatic carbocycles. The van der Waals surface area contributed by atoms with Gasteiger partial charge < -0.3 is 5.32 Å². The highest BCUT2D eigenvalue weighted by atomic mass is 35.5. The molecule has 0 aliphatic rings. The Morgan fingerprint density at radius 3 is 3.00 bits per heavy atom. The van der Waals surface area contributed by atoms with Gasteiger partial charge in [0, 0.05) is 18.0 Å². The van der Waals surface area contributed by atoms with E-state index >= 15 is 0 Å². The van der Waals surface area contributed by atoms with Gasteiger partial charge in [-0.25, -0.2) is 4.98 Å². The van der Waals surface area contributed by atoms with E-state index in [0.717, 1.165) is 5.52 Å². The molecule has 0 aliphatic heterocycles. The number of nitro groups is 1. The van der Waals surface area contributed by atoms with Gasteiger partial charge in [-0.3, -0.25) is 19.3 Å². The molecule has 0 radical (unpaired) electrons. The van der Waals surface area contributed by atoms with Crippen molar-refractivity contribution in [3.8, 4) is 0 Å². The van der Waals surface area contributed by atoms with Crippen LogP contribution in [0.25, 0.3) is 5.52 Å². The zero-order valence-corrected chi connectivity index (χ0v) is 13.8. The largest absolute Gasteiger partial charge is 0.325 e. The summed E-state index contributed by atoms with van der Waals surface area (Å²) in [5.74, 6) is -0.158. The van der Waals surface area contributed by atoms with E-state index in [1.165, 1.54) is 30.0 Å². The first-order valence-electron chi connectivity index (χ1n) is 6.83. The van der Waals surface area contributed by atoms with E-state index in [9.17, 15) is 14.9 Å². The Labute approximate surface area is 145 Å². The molecule has 24 heavy (non-hydrogen) atoms. The summed E-state index contributed by atoms with van der Waals surface area (Å²) in [5, 5.41) is 14.2. The molecule has 3 aromatic rings. The van der Waals surface area contributed by atoms with Crippen LogP contribution >= 0.6 is 23.4 Å². The molecule has 7 nitrogen and oxygen atoms in total. The Morgan fingerprint density at radius 2 is 2.21 bits per heavy atom. The van der Waals surface area contributed by atoms with E-state index < -0.39 is 4.92 Å². The van der Waals surface area contributed by atoms with Crippen molar-refractivity contribution in [1.82, 2.24) is 9.38 Å². The minimum Gasteiger partial charge on any atom is -0.325 e. The van der Waals surface area contributed by atoms with Gasteiger partial charge in [0.15, 0.2) is 5.16 Å². The summed E-state index contributed by atoms with van der Waals surface area (Å²) >= 11 is 7.02. The summed E-state index contributed by atoms with van der Waals surface area (Å²) in [4.78, 5) is 26.6. The fourth-order valence-corrected chi connectivity index (χ4v) is 3.04. The van der Waals surface area contributed by atoms with E-state index in [0.29, 0.717) is 10.8 Å². The van der Waals surface area contributed by atoms with Gasteiger partial charge in [-0.15, -0.1) is 0 Å². The first-order chi connectivity index (χ1) is 11.5. The molecule has 0 bridgehead atoms. The van der Waals surface area contributed by atoms with Crippen LogP contribution in [0.1, 0.15) is 0 Å². The zero-order valence-electron chi connectivity index (χ0n) is 12.2. The van der Waals surface area contributed by atoms with Crippen molar-refractivity contribution < 1.29 is 9.72 Å². The number of hydrogen-bond donors (Lipinski definition) is 1. The van der Waals surface area contributed by atoms with Crippen molar-refractivity contribution in [3.63, 3.8) is 0 Å². The molecule has 2 heterocycles. The van der Waals surface area contributed by atoms with Crippen molar-refractivity contribution in [2.24, 2.45) is 0 Å². The molecule has 0 saturated carbocycles. The van der Waals surface area contributed by atoms with Crippen molar-refractivity contribution in [3.05, 3.63) is 63.9 Å². The molecule has 2 aromatic heterocycles. The van der Waals surface area contributed by atoms with Crippen molar-refractivity contribution in [1.29, 1.82) is 0 Å². The number of fused-ring (bicyclic) bond motifs is 1. The number of nitrogens with zero attached hydrogens (tertiary/aromatic N) is 3. The number of pyridine rings is 1. The first kappa shape index (κ1) is 16.3. The van der Waals surface area contributed by atoms with E-state index in [2.05, 4.69) is 10.3 Å². The third-order valence-electron chi connectivity index (χ3n) is 3.16. The highest BCUT2D eigenvalue weighted by Crippen LogP contribution is 2.27. The average molecular weight is 363 g/mol. The molecule has 0 aliphatic carbocycles. The predicted molar refractivity (Wildman–Crippen MR) is 92.7 cm³/mol. The molecular weight excluding hydrogens is 352 g/mol. The quantitative estimate of drug-likeness (QED) is 0.425. The SMILES string of the molecule is O=C(CSc1ncc2ccccn12)Nc1ccc(Cl)c([N+](=O)[O-])c1. The number of thioether (sulfide) groups is 1. The van der Waals surface area contributed by atoms with Gasteiger partial charge in [0.2, 0.25) is 5.91 Å². The topological polar surface area (TPSA) is 89.5 Å². The lowest BCUT2D eigenvalue weighted by Gasteiger charge is -2.05. The minimum atomic E-state index is -0.594. The standard InChI is InChI=1S/C15H11ClN4O3S/c16-12-5-4-10(7-13(12)20(22)23)18-14(21)9-24-15-17-8-11-3-1-2-6-19(11)15/h1-8H,9H2,(H,18,21). The molecule has 0 spiro atoms. The lowest BCUT2D eigenvalue weighted by molar-refractivity contribution is -0.384. The lowest BCUT2D eigenvalue weighted by atomic mass is 10.3. The van der Waals surface area contributed by atoms with Crippen LogP contribution < -0.4 is 5.32 Å². The van der Waals surface area contributed by atoms with Gasteiger partial charge in [0.1, 0.15) is 5.02 Å². The number of carbonyl (C=O) groups is 1. The van der Waals surface area contributed by atoms with Gasteiger partial charge in [-0.1, -0.05) is 29.4 Å². The van der Waals surface area contributed by atoms with Crippen LogP contribution in [0.5, 0.6) is 0 Å². The second kappa shape index (κ2) is 6.90. The Hall–Kier alpha value is -2.58. The number of carbonyl (C=O) groups excluding carboxylic acids is 1. The van der Waals surface area contributed by atoms with E-state index in [1.54, 1.807) is 6.20 Å². The number of hydrogen-bond acceptors (Lipinski definition) is 5. The molecule has 1 N–H and O–H groups in total. The lowest BCUT2D eigenvalue weighted by Crippen LogP contribution is -2.14. The summed E-state index contributed by atoms with van der Waals surface area (Å²) < 4.78 is 1.88. The maximum absolute atomic E-state index is 12.0. The van der Waals surface area contributed by atoms with Crippen LogP contribution in [-0.4, -0.2) is 26.0 Å². The third-order valence-corrected chi connectivity index (χ3v) is 4.45. The second-order valence-corrected chi connectivity index (χ2v) is 6.15. The predicted octanol–water partition coefficient (Wildman–Crippen LogP) is 3.63. The summed E-state index contributed by atoms with van der Waals surface area (Å²) in [6.07, 6.45) is 3.59. The second-order valence-electron chi connectivity index (χ2n) is 4.80. The van der Waals surface area contributed by atoms with Crippen LogP contribution in [0.2, 0.25) is 5.02 Å². The van der Waals surface area contributed by atoms with Crippen LogP contribution in [0, 0.1) is 10.1 Å². The molecule has 122 valence electrons. The maximum atomic E-state index is 12.0. The third kappa shape index (κ3) is 3.50. The van der Waals surface area contributed by atoms with E-state index in [1.807, 2.05) is 28.8 Å². The van der Waals surface area contributed by atoms with Crippen LogP contribution in [0.15, 0.2) is 53.9 Å². The van der Waals surface area contributed by atoms with Gasteiger partial charge in [-0.2, -0.15) is 0 Å². The summed E-state index contributed by atoms with van der Waals surface area (Å²) in [7, 11) is 0. The molecule has 3 rings (SSSR count). The first-order valence-corrected chi connectivity index (χ1v) is 8.19. The van der Waals surface area contributed by atoms with Crippen LogP contribution in [0.4, 0.5) is 11.4 Å². The molecule has 0 saturated heterocycles. The number of nitro benzene ring substituents is 1. The number of aromatic nitrogens is 2. The number of rotatable bonds is 5. The molecule has 9 heteroatoms. The Morgan fingerprint density at radius 1 is 1.38 bits per heavy atom. The smallest absolute Gasteiger partial charge is 0.289 e. The summed E-state index contributed by atoms with van der Waals surface area (Å²) in [6.45, 7) is 0. The highest BCUT2D eigenvalue weighted by Gasteiger charge is 2.14. The molecular formula is C15H11ClN4O3S. The van der Waals surface area contributed by atoms with Crippen molar-refractivity contribution in [2.75, 3.05) is 11.1 Å². The number of amides is 1. The van der Waals surface area contributed by atoms with E-state index in [4.69, 9.17) is 11.6 Å². The zero-order chi connectivity index (χ0) is 17.1. The Kier molecular flexibility index (Phi) is 4.68. The monoisotopic (exact) mass is 362 g/mol. The van der Waals surface area contributed by atoms with Gasteiger partial charge >= 0.3 is 0 Å². The fourth-order valence-electron chi connectivity index (χ4n) is 2.08. The van der Waals surface area contributed by atoms with Crippen LogP contribution in [0.3, 0.4) is 0 Å².